The van der Waals surface area contributed by atoms with Crippen LogP contribution in [-0.2, 0) is 6.42 Å². The number of aliphatic hydroxyl groups is 2. The molecule has 1 aromatic rings. The van der Waals surface area contributed by atoms with Gasteiger partial charge in [0.15, 0.2) is 11.5 Å². The molecule has 0 aliphatic rings. The van der Waals surface area contributed by atoms with Gasteiger partial charge in [0, 0.05) is 13.2 Å². The summed E-state index contributed by atoms with van der Waals surface area (Å²) < 4.78 is 16.0. The third-order valence-corrected chi connectivity index (χ3v) is 3.53. The number of benzene rings is 1. The highest BCUT2D eigenvalue weighted by Gasteiger charge is 2.15. The summed E-state index contributed by atoms with van der Waals surface area (Å²) in [7, 11) is 4.75. The zero-order valence-corrected chi connectivity index (χ0v) is 13.1. The molecule has 1 aromatic carbocycles. The molecule has 5 nitrogen and oxygen atoms in total. The topological polar surface area (TPSA) is 68.2 Å². The van der Waals surface area contributed by atoms with Gasteiger partial charge in [0.05, 0.1) is 21.3 Å². The lowest BCUT2D eigenvalue weighted by Gasteiger charge is -2.17. The molecule has 1 rings (SSSR count). The number of methoxy groups -OCH3 is 3. The van der Waals surface area contributed by atoms with Gasteiger partial charge in [0.1, 0.15) is 0 Å². The fourth-order valence-electron chi connectivity index (χ4n) is 2.39. The van der Waals surface area contributed by atoms with Crippen LogP contribution in [0.2, 0.25) is 0 Å². The Morgan fingerprint density at radius 1 is 0.952 bits per heavy atom. The summed E-state index contributed by atoms with van der Waals surface area (Å²) in [6.45, 7) is 0.324. The average Bonchev–Trinajstić information content (AvgIpc) is 2.52. The number of hydrogen-bond donors (Lipinski definition) is 2. The minimum atomic E-state index is 0.127. The maximum absolute atomic E-state index is 9.49. The first-order chi connectivity index (χ1) is 10.2. The van der Waals surface area contributed by atoms with Crippen molar-refractivity contribution in [2.45, 2.75) is 25.7 Å². The first-order valence-electron chi connectivity index (χ1n) is 7.20. The van der Waals surface area contributed by atoms with Crippen molar-refractivity contribution in [1.82, 2.24) is 0 Å². The molecule has 0 saturated heterocycles. The van der Waals surface area contributed by atoms with Crippen molar-refractivity contribution in [3.05, 3.63) is 17.7 Å². The monoisotopic (exact) mass is 298 g/mol. The zero-order valence-electron chi connectivity index (χ0n) is 13.1. The summed E-state index contributed by atoms with van der Waals surface area (Å²) >= 11 is 0. The number of ether oxygens (including phenoxy) is 3. The smallest absolute Gasteiger partial charge is 0.203 e. The molecule has 0 bridgehead atoms. The Balaban J connectivity index is 2.86. The van der Waals surface area contributed by atoms with Crippen LogP contribution in [0.25, 0.3) is 0 Å². The summed E-state index contributed by atoms with van der Waals surface area (Å²) in [5.74, 6) is 1.99. The lowest BCUT2D eigenvalue weighted by molar-refractivity contribution is 0.208. The van der Waals surface area contributed by atoms with Crippen LogP contribution in [0.5, 0.6) is 17.2 Å². The predicted molar refractivity (Wildman–Crippen MR) is 81.3 cm³/mol. The van der Waals surface area contributed by atoms with E-state index in [1.165, 1.54) is 0 Å². The van der Waals surface area contributed by atoms with Gasteiger partial charge in [-0.2, -0.15) is 0 Å². The standard InChI is InChI=1S/C16H26O5/c1-19-14-9-13(10-15(20-2)16(14)21-3)8-12(11-18)6-4-5-7-17/h9-10,12,17-18H,4-8,11H2,1-3H3/t12-/m0/s1. The van der Waals surface area contributed by atoms with E-state index in [1.54, 1.807) is 21.3 Å². The van der Waals surface area contributed by atoms with Crippen molar-refractivity contribution < 1.29 is 24.4 Å². The van der Waals surface area contributed by atoms with E-state index in [4.69, 9.17) is 19.3 Å². The normalized spacial score (nSPS) is 12.0. The lowest BCUT2D eigenvalue weighted by atomic mass is 9.94. The Bertz CT molecular complexity index is 394. The van der Waals surface area contributed by atoms with Crippen LogP contribution in [0.3, 0.4) is 0 Å². The van der Waals surface area contributed by atoms with E-state index in [0.29, 0.717) is 17.2 Å². The highest BCUT2D eigenvalue weighted by atomic mass is 16.5. The minimum absolute atomic E-state index is 0.127. The quantitative estimate of drug-likeness (QED) is 0.647. The molecule has 2 N–H and O–H groups in total. The Labute approximate surface area is 126 Å². The summed E-state index contributed by atoms with van der Waals surface area (Å²) in [4.78, 5) is 0. The molecule has 0 aromatic heterocycles. The molecule has 0 unspecified atom stereocenters. The van der Waals surface area contributed by atoms with Crippen molar-refractivity contribution in [2.75, 3.05) is 34.5 Å². The molecule has 0 heterocycles. The van der Waals surface area contributed by atoms with Gasteiger partial charge in [-0.05, 0) is 42.9 Å². The van der Waals surface area contributed by atoms with Gasteiger partial charge >= 0.3 is 0 Å². The first kappa shape index (κ1) is 17.6. The summed E-state index contributed by atoms with van der Waals surface area (Å²) in [5, 5.41) is 18.3. The van der Waals surface area contributed by atoms with Crippen molar-refractivity contribution in [3.8, 4) is 17.2 Å². The fraction of sp³-hybridized carbons (Fsp3) is 0.625. The molecule has 0 saturated carbocycles. The number of aliphatic hydroxyl groups excluding tert-OH is 2. The number of hydrogen-bond acceptors (Lipinski definition) is 5. The molecule has 0 fully saturated rings. The average molecular weight is 298 g/mol. The highest BCUT2D eigenvalue weighted by molar-refractivity contribution is 5.53. The minimum Gasteiger partial charge on any atom is -0.493 e. The summed E-state index contributed by atoms with van der Waals surface area (Å²) in [6, 6.07) is 3.83. The highest BCUT2D eigenvalue weighted by Crippen LogP contribution is 2.38. The van der Waals surface area contributed by atoms with Gasteiger partial charge in [-0.3, -0.25) is 0 Å². The largest absolute Gasteiger partial charge is 0.493 e. The number of unbranched alkanes of at least 4 members (excludes halogenated alkanes) is 1. The summed E-state index contributed by atoms with van der Waals surface area (Å²) in [5.41, 5.74) is 1.03. The van der Waals surface area contributed by atoms with E-state index in [2.05, 4.69) is 0 Å². The second-order valence-corrected chi connectivity index (χ2v) is 5.01. The van der Waals surface area contributed by atoms with Crippen LogP contribution in [-0.4, -0.2) is 44.8 Å². The van der Waals surface area contributed by atoms with Gasteiger partial charge in [0.2, 0.25) is 5.75 Å². The van der Waals surface area contributed by atoms with E-state index in [-0.39, 0.29) is 19.1 Å². The van der Waals surface area contributed by atoms with Crippen molar-refractivity contribution in [2.24, 2.45) is 5.92 Å². The van der Waals surface area contributed by atoms with E-state index in [0.717, 1.165) is 31.2 Å². The third-order valence-electron chi connectivity index (χ3n) is 3.53. The number of rotatable bonds is 10. The Morgan fingerprint density at radius 3 is 2.00 bits per heavy atom. The van der Waals surface area contributed by atoms with Gasteiger partial charge in [-0.1, -0.05) is 6.42 Å². The third kappa shape index (κ3) is 5.10. The molecule has 0 aliphatic heterocycles. The second kappa shape index (κ2) is 9.47. The van der Waals surface area contributed by atoms with Gasteiger partial charge < -0.3 is 24.4 Å². The van der Waals surface area contributed by atoms with E-state index in [1.807, 2.05) is 12.1 Å². The Hall–Kier alpha value is -1.46. The van der Waals surface area contributed by atoms with Crippen LogP contribution >= 0.6 is 0 Å². The molecule has 21 heavy (non-hydrogen) atoms. The SMILES string of the molecule is COc1cc(C[C@@H](CO)CCCCO)cc(OC)c1OC. The molecule has 0 radical (unpaired) electrons. The second-order valence-electron chi connectivity index (χ2n) is 5.01. The molecule has 120 valence electrons. The summed E-state index contributed by atoms with van der Waals surface area (Å²) in [6.07, 6.45) is 3.30. The Kier molecular flexibility index (Phi) is 7.93. The maximum atomic E-state index is 9.49. The lowest BCUT2D eigenvalue weighted by Crippen LogP contribution is -2.10. The van der Waals surface area contributed by atoms with E-state index in [9.17, 15) is 5.11 Å². The van der Waals surface area contributed by atoms with Crippen LogP contribution < -0.4 is 14.2 Å². The molecular weight excluding hydrogens is 272 g/mol. The zero-order chi connectivity index (χ0) is 15.7. The van der Waals surface area contributed by atoms with Crippen LogP contribution in [0.1, 0.15) is 24.8 Å². The van der Waals surface area contributed by atoms with Crippen LogP contribution in [0.4, 0.5) is 0 Å². The Morgan fingerprint density at radius 2 is 1.57 bits per heavy atom. The van der Waals surface area contributed by atoms with E-state index >= 15 is 0 Å². The van der Waals surface area contributed by atoms with Crippen molar-refractivity contribution >= 4 is 0 Å². The molecule has 0 aliphatic carbocycles. The van der Waals surface area contributed by atoms with Gasteiger partial charge in [0.25, 0.3) is 0 Å². The van der Waals surface area contributed by atoms with Crippen LogP contribution in [0, 0.1) is 5.92 Å². The molecular formula is C16H26O5. The predicted octanol–water partition coefficient (Wildman–Crippen LogP) is 2.03. The molecule has 0 amide bonds. The maximum Gasteiger partial charge on any atom is 0.203 e. The van der Waals surface area contributed by atoms with Crippen molar-refractivity contribution in [3.63, 3.8) is 0 Å². The van der Waals surface area contributed by atoms with Gasteiger partial charge in [-0.25, -0.2) is 0 Å². The molecule has 0 spiro atoms. The van der Waals surface area contributed by atoms with Crippen LogP contribution in [0.15, 0.2) is 12.1 Å². The fourth-order valence-corrected chi connectivity index (χ4v) is 2.39. The van der Waals surface area contributed by atoms with Crippen molar-refractivity contribution in [1.29, 1.82) is 0 Å². The van der Waals surface area contributed by atoms with Gasteiger partial charge in [-0.15, -0.1) is 0 Å². The molecule has 5 heteroatoms. The first-order valence-corrected chi connectivity index (χ1v) is 7.20. The van der Waals surface area contributed by atoms with E-state index < -0.39 is 0 Å². The molecule has 1 atom stereocenters.